The molecule has 0 saturated heterocycles. The van der Waals surface area contributed by atoms with E-state index in [4.69, 9.17) is 4.74 Å². The van der Waals surface area contributed by atoms with Crippen LogP contribution in [-0.2, 0) is 26.2 Å². The van der Waals surface area contributed by atoms with Crippen LogP contribution in [0.15, 0.2) is 24.3 Å². The van der Waals surface area contributed by atoms with Gasteiger partial charge in [-0.25, -0.2) is 4.68 Å². The molecule has 0 radical (unpaired) electrons. The van der Waals surface area contributed by atoms with Crippen LogP contribution in [0.2, 0.25) is 0 Å². The van der Waals surface area contributed by atoms with Crippen LogP contribution in [0.4, 0.5) is 0 Å². The van der Waals surface area contributed by atoms with Gasteiger partial charge in [0.25, 0.3) is 0 Å². The SMILES string of the molecule is CCCn1nnc(CO)c1COc1cccc(CC)c1. The van der Waals surface area contributed by atoms with Crippen molar-refractivity contribution in [3.8, 4) is 5.75 Å². The van der Waals surface area contributed by atoms with Crippen LogP contribution < -0.4 is 4.74 Å². The van der Waals surface area contributed by atoms with E-state index in [9.17, 15) is 5.11 Å². The van der Waals surface area contributed by atoms with Gasteiger partial charge in [-0.3, -0.25) is 0 Å². The van der Waals surface area contributed by atoms with Crippen LogP contribution in [0.5, 0.6) is 5.75 Å². The minimum atomic E-state index is -0.114. The summed E-state index contributed by atoms with van der Waals surface area (Å²) in [6.07, 6.45) is 1.95. The molecule has 2 rings (SSSR count). The zero-order valence-electron chi connectivity index (χ0n) is 12.0. The second-order valence-electron chi connectivity index (χ2n) is 4.65. The highest BCUT2D eigenvalue weighted by molar-refractivity contribution is 5.28. The van der Waals surface area contributed by atoms with E-state index >= 15 is 0 Å². The molecule has 2 aromatic rings. The predicted octanol–water partition coefficient (Wildman–Crippen LogP) is 2.32. The summed E-state index contributed by atoms with van der Waals surface area (Å²) >= 11 is 0. The van der Waals surface area contributed by atoms with Gasteiger partial charge in [0.15, 0.2) is 0 Å². The lowest BCUT2D eigenvalue weighted by Crippen LogP contribution is -2.09. The Kier molecular flexibility index (Phi) is 5.12. The van der Waals surface area contributed by atoms with Crippen molar-refractivity contribution in [3.05, 3.63) is 41.2 Å². The molecular weight excluding hydrogens is 254 g/mol. The highest BCUT2D eigenvalue weighted by Crippen LogP contribution is 2.16. The fourth-order valence-electron chi connectivity index (χ4n) is 2.05. The molecule has 0 aliphatic carbocycles. The zero-order valence-corrected chi connectivity index (χ0v) is 12.0. The predicted molar refractivity (Wildman–Crippen MR) is 76.4 cm³/mol. The lowest BCUT2D eigenvalue weighted by molar-refractivity contribution is 0.261. The molecule has 0 fully saturated rings. The number of aliphatic hydroxyl groups is 1. The van der Waals surface area contributed by atoms with Gasteiger partial charge in [-0.1, -0.05) is 31.2 Å². The largest absolute Gasteiger partial charge is 0.487 e. The van der Waals surface area contributed by atoms with Crippen molar-refractivity contribution in [1.82, 2.24) is 15.0 Å². The second-order valence-corrected chi connectivity index (χ2v) is 4.65. The normalized spacial score (nSPS) is 10.8. The first-order valence-electron chi connectivity index (χ1n) is 7.02. The molecule has 0 aliphatic rings. The highest BCUT2D eigenvalue weighted by Gasteiger charge is 2.12. The molecule has 1 aromatic carbocycles. The van der Waals surface area contributed by atoms with Crippen molar-refractivity contribution in [3.63, 3.8) is 0 Å². The Morgan fingerprint density at radius 3 is 2.85 bits per heavy atom. The van der Waals surface area contributed by atoms with Gasteiger partial charge in [0.2, 0.25) is 0 Å². The van der Waals surface area contributed by atoms with Gasteiger partial charge in [-0.05, 0) is 30.5 Å². The molecule has 5 heteroatoms. The third kappa shape index (κ3) is 3.36. The summed E-state index contributed by atoms with van der Waals surface area (Å²) in [5.74, 6) is 0.831. The van der Waals surface area contributed by atoms with Crippen LogP contribution in [0, 0.1) is 0 Å². The standard InChI is InChI=1S/C15H21N3O2/c1-3-8-18-15(14(10-19)16-17-18)11-20-13-7-5-6-12(4-2)9-13/h5-7,9,19H,3-4,8,10-11H2,1-2H3. The van der Waals surface area contributed by atoms with Crippen molar-refractivity contribution in [2.45, 2.75) is 46.4 Å². The molecule has 0 saturated carbocycles. The Balaban J connectivity index is 2.11. The van der Waals surface area contributed by atoms with Gasteiger partial charge >= 0.3 is 0 Å². The van der Waals surface area contributed by atoms with E-state index in [2.05, 4.69) is 30.2 Å². The number of rotatable bonds is 7. The molecule has 20 heavy (non-hydrogen) atoms. The Morgan fingerprint density at radius 1 is 1.30 bits per heavy atom. The van der Waals surface area contributed by atoms with E-state index in [1.807, 2.05) is 18.2 Å². The quantitative estimate of drug-likeness (QED) is 0.842. The number of aliphatic hydroxyl groups excluding tert-OH is 1. The van der Waals surface area contributed by atoms with Crippen LogP contribution in [-0.4, -0.2) is 20.1 Å². The molecule has 1 heterocycles. The Labute approximate surface area is 119 Å². The number of aromatic nitrogens is 3. The van der Waals surface area contributed by atoms with Gasteiger partial charge in [0.1, 0.15) is 23.7 Å². The summed E-state index contributed by atoms with van der Waals surface area (Å²) in [5, 5.41) is 17.3. The van der Waals surface area contributed by atoms with E-state index in [0.717, 1.165) is 30.8 Å². The van der Waals surface area contributed by atoms with E-state index < -0.39 is 0 Å². The third-order valence-electron chi connectivity index (χ3n) is 3.19. The number of ether oxygens (including phenoxy) is 1. The number of nitrogens with zero attached hydrogens (tertiary/aromatic N) is 3. The van der Waals surface area contributed by atoms with Gasteiger partial charge < -0.3 is 9.84 Å². The minimum Gasteiger partial charge on any atom is -0.487 e. The molecule has 0 bridgehead atoms. The van der Waals surface area contributed by atoms with Gasteiger partial charge in [-0.2, -0.15) is 0 Å². The molecule has 5 nitrogen and oxygen atoms in total. The Hall–Kier alpha value is -1.88. The maximum atomic E-state index is 9.31. The van der Waals surface area contributed by atoms with Gasteiger partial charge in [0.05, 0.1) is 6.61 Å². The molecular formula is C15H21N3O2. The fourth-order valence-corrected chi connectivity index (χ4v) is 2.05. The van der Waals surface area contributed by atoms with E-state index in [1.165, 1.54) is 5.56 Å². The smallest absolute Gasteiger partial charge is 0.132 e. The first-order valence-corrected chi connectivity index (χ1v) is 7.02. The number of hydrogen-bond acceptors (Lipinski definition) is 4. The highest BCUT2D eigenvalue weighted by atomic mass is 16.5. The number of benzene rings is 1. The number of aryl methyl sites for hydroxylation is 2. The second kappa shape index (κ2) is 7.05. The maximum absolute atomic E-state index is 9.31. The van der Waals surface area contributed by atoms with E-state index in [0.29, 0.717) is 12.3 Å². The fraction of sp³-hybridized carbons (Fsp3) is 0.467. The first-order chi connectivity index (χ1) is 9.78. The molecule has 0 amide bonds. The Bertz CT molecular complexity index is 552. The van der Waals surface area contributed by atoms with Crippen molar-refractivity contribution >= 4 is 0 Å². The van der Waals surface area contributed by atoms with Crippen LogP contribution >= 0.6 is 0 Å². The first kappa shape index (κ1) is 14.5. The lowest BCUT2D eigenvalue weighted by Gasteiger charge is -2.09. The summed E-state index contributed by atoms with van der Waals surface area (Å²) < 4.78 is 7.61. The van der Waals surface area contributed by atoms with Gasteiger partial charge in [-0.15, -0.1) is 5.10 Å². The average molecular weight is 275 g/mol. The van der Waals surface area contributed by atoms with Gasteiger partial charge in [0, 0.05) is 6.54 Å². The van der Waals surface area contributed by atoms with E-state index in [1.54, 1.807) is 4.68 Å². The van der Waals surface area contributed by atoms with Crippen molar-refractivity contribution in [2.75, 3.05) is 0 Å². The molecule has 0 atom stereocenters. The zero-order chi connectivity index (χ0) is 14.4. The average Bonchev–Trinajstić information content (AvgIpc) is 2.88. The number of hydrogen-bond donors (Lipinski definition) is 1. The van der Waals surface area contributed by atoms with Crippen molar-refractivity contribution in [1.29, 1.82) is 0 Å². The van der Waals surface area contributed by atoms with Crippen LogP contribution in [0.3, 0.4) is 0 Å². The maximum Gasteiger partial charge on any atom is 0.132 e. The summed E-state index contributed by atoms with van der Waals surface area (Å²) in [5.41, 5.74) is 2.67. The van der Waals surface area contributed by atoms with Crippen molar-refractivity contribution in [2.24, 2.45) is 0 Å². The van der Waals surface area contributed by atoms with Crippen LogP contribution in [0.25, 0.3) is 0 Å². The summed E-state index contributed by atoms with van der Waals surface area (Å²) in [6, 6.07) is 8.04. The molecule has 108 valence electrons. The van der Waals surface area contributed by atoms with Crippen LogP contribution in [0.1, 0.15) is 37.2 Å². The summed E-state index contributed by atoms with van der Waals surface area (Å²) in [6.45, 7) is 5.23. The molecule has 1 N–H and O–H groups in total. The monoisotopic (exact) mass is 275 g/mol. The molecule has 0 spiro atoms. The van der Waals surface area contributed by atoms with E-state index in [-0.39, 0.29) is 6.61 Å². The molecule has 0 unspecified atom stereocenters. The minimum absolute atomic E-state index is 0.114. The molecule has 0 aliphatic heterocycles. The van der Waals surface area contributed by atoms with Crippen molar-refractivity contribution < 1.29 is 9.84 Å². The Morgan fingerprint density at radius 2 is 2.15 bits per heavy atom. The third-order valence-corrected chi connectivity index (χ3v) is 3.19. The molecule has 1 aromatic heterocycles. The summed E-state index contributed by atoms with van der Waals surface area (Å²) in [4.78, 5) is 0. The topological polar surface area (TPSA) is 60.2 Å². The lowest BCUT2D eigenvalue weighted by atomic mass is 10.2. The summed E-state index contributed by atoms with van der Waals surface area (Å²) in [7, 11) is 0.